The minimum Gasteiger partial charge on any atom is -0.345 e. The Morgan fingerprint density at radius 3 is 2.41 bits per heavy atom. The minimum absolute atomic E-state index is 0.00549. The highest BCUT2D eigenvalue weighted by Crippen LogP contribution is 2.24. The first-order chi connectivity index (χ1) is 7.99. The fourth-order valence-electron chi connectivity index (χ4n) is 2.01. The number of hydrogen-bond donors (Lipinski definition) is 0. The van der Waals surface area contributed by atoms with Gasteiger partial charge in [0.2, 0.25) is 5.91 Å². The molecule has 0 N–H and O–H groups in total. The largest absolute Gasteiger partial charge is 0.345 e. The van der Waals surface area contributed by atoms with Gasteiger partial charge in [0, 0.05) is 39.7 Å². The summed E-state index contributed by atoms with van der Waals surface area (Å²) in [5.74, 6) is 0.0655. The Bertz CT molecular complexity index is 480. The van der Waals surface area contributed by atoms with Crippen molar-refractivity contribution in [1.82, 2.24) is 9.80 Å². The second-order valence-corrected chi connectivity index (χ2v) is 4.56. The van der Waals surface area contributed by atoms with Gasteiger partial charge in [-0.15, -0.1) is 0 Å². The average Bonchev–Trinajstić information content (AvgIpc) is 2.70. The van der Waals surface area contributed by atoms with E-state index < -0.39 is 0 Å². The Labute approximate surface area is 101 Å². The fraction of sp³-hybridized carbons (Fsp3) is 0.385. The van der Waals surface area contributed by atoms with Crippen LogP contribution in [0.2, 0.25) is 0 Å². The van der Waals surface area contributed by atoms with Crippen LogP contribution in [-0.2, 0) is 17.9 Å². The SMILES string of the molecule is CC(=O)N1Cc2ccc(C(=O)N(C)C)cc2C1. The molecule has 0 radical (unpaired) electrons. The van der Waals surface area contributed by atoms with Crippen LogP contribution < -0.4 is 0 Å². The lowest BCUT2D eigenvalue weighted by atomic mass is 10.1. The predicted molar refractivity (Wildman–Crippen MR) is 64.4 cm³/mol. The Balaban J connectivity index is 2.27. The Morgan fingerprint density at radius 2 is 1.82 bits per heavy atom. The van der Waals surface area contributed by atoms with Gasteiger partial charge in [0.1, 0.15) is 0 Å². The molecule has 17 heavy (non-hydrogen) atoms. The molecule has 1 aliphatic rings. The van der Waals surface area contributed by atoms with Crippen molar-refractivity contribution in [1.29, 1.82) is 0 Å². The second-order valence-electron chi connectivity index (χ2n) is 4.56. The van der Waals surface area contributed by atoms with Crippen molar-refractivity contribution in [2.24, 2.45) is 0 Å². The van der Waals surface area contributed by atoms with Crippen molar-refractivity contribution >= 4 is 11.8 Å². The van der Waals surface area contributed by atoms with E-state index >= 15 is 0 Å². The van der Waals surface area contributed by atoms with E-state index in [1.807, 2.05) is 18.2 Å². The second kappa shape index (κ2) is 4.20. The zero-order chi connectivity index (χ0) is 12.6. The maximum atomic E-state index is 11.8. The van der Waals surface area contributed by atoms with E-state index in [-0.39, 0.29) is 11.8 Å². The first kappa shape index (κ1) is 11.6. The molecule has 1 aromatic rings. The monoisotopic (exact) mass is 232 g/mol. The van der Waals surface area contributed by atoms with Gasteiger partial charge in [-0.3, -0.25) is 9.59 Å². The number of fused-ring (bicyclic) bond motifs is 1. The van der Waals surface area contributed by atoms with Gasteiger partial charge in [0.25, 0.3) is 5.91 Å². The van der Waals surface area contributed by atoms with Gasteiger partial charge in [0.15, 0.2) is 0 Å². The predicted octanol–water partition coefficient (Wildman–Crippen LogP) is 1.25. The molecule has 2 amide bonds. The Kier molecular flexibility index (Phi) is 2.88. The molecule has 0 saturated carbocycles. The molecule has 1 aromatic carbocycles. The van der Waals surface area contributed by atoms with Crippen molar-refractivity contribution in [3.8, 4) is 0 Å². The first-order valence-corrected chi connectivity index (χ1v) is 5.58. The van der Waals surface area contributed by atoms with Crippen LogP contribution in [0, 0.1) is 0 Å². The molecular weight excluding hydrogens is 216 g/mol. The van der Waals surface area contributed by atoms with Gasteiger partial charge in [-0.05, 0) is 23.3 Å². The number of benzene rings is 1. The third-order valence-electron chi connectivity index (χ3n) is 3.03. The molecular formula is C13H16N2O2. The summed E-state index contributed by atoms with van der Waals surface area (Å²) in [4.78, 5) is 26.4. The van der Waals surface area contributed by atoms with E-state index in [1.165, 1.54) is 0 Å². The van der Waals surface area contributed by atoms with Gasteiger partial charge in [-0.25, -0.2) is 0 Å². The van der Waals surface area contributed by atoms with Gasteiger partial charge in [-0.2, -0.15) is 0 Å². The smallest absolute Gasteiger partial charge is 0.253 e. The molecule has 4 nitrogen and oxygen atoms in total. The summed E-state index contributed by atoms with van der Waals surface area (Å²) < 4.78 is 0. The van der Waals surface area contributed by atoms with E-state index in [0.29, 0.717) is 18.7 Å². The first-order valence-electron chi connectivity index (χ1n) is 5.58. The molecule has 1 heterocycles. The lowest BCUT2D eigenvalue weighted by Gasteiger charge is -2.11. The van der Waals surface area contributed by atoms with E-state index in [2.05, 4.69) is 0 Å². The van der Waals surface area contributed by atoms with Gasteiger partial charge in [0.05, 0.1) is 0 Å². The molecule has 0 aliphatic carbocycles. The molecule has 0 fully saturated rings. The number of carbonyl (C=O) groups is 2. The van der Waals surface area contributed by atoms with E-state index in [4.69, 9.17) is 0 Å². The lowest BCUT2D eigenvalue weighted by Crippen LogP contribution is -2.22. The number of nitrogens with zero attached hydrogens (tertiary/aromatic N) is 2. The van der Waals surface area contributed by atoms with Crippen LogP contribution in [0.25, 0.3) is 0 Å². The van der Waals surface area contributed by atoms with E-state index in [9.17, 15) is 9.59 Å². The van der Waals surface area contributed by atoms with Crippen molar-refractivity contribution in [3.63, 3.8) is 0 Å². The molecule has 2 rings (SSSR count). The molecule has 0 bridgehead atoms. The highest BCUT2D eigenvalue weighted by atomic mass is 16.2. The minimum atomic E-state index is -0.00549. The fourth-order valence-corrected chi connectivity index (χ4v) is 2.01. The average molecular weight is 232 g/mol. The van der Waals surface area contributed by atoms with Crippen LogP contribution in [0.15, 0.2) is 18.2 Å². The molecule has 90 valence electrons. The van der Waals surface area contributed by atoms with Crippen LogP contribution >= 0.6 is 0 Å². The van der Waals surface area contributed by atoms with Gasteiger partial charge in [-0.1, -0.05) is 6.07 Å². The van der Waals surface area contributed by atoms with Crippen LogP contribution in [0.5, 0.6) is 0 Å². The standard InChI is InChI=1S/C13H16N2O2/c1-9(16)15-7-11-5-4-10(6-12(11)8-15)13(17)14(2)3/h4-6H,7-8H2,1-3H3. The Morgan fingerprint density at radius 1 is 1.18 bits per heavy atom. The van der Waals surface area contributed by atoms with Crippen LogP contribution in [0.1, 0.15) is 28.4 Å². The Hall–Kier alpha value is -1.84. The highest BCUT2D eigenvalue weighted by molar-refractivity contribution is 5.94. The highest BCUT2D eigenvalue weighted by Gasteiger charge is 2.22. The normalized spacial score (nSPS) is 13.5. The topological polar surface area (TPSA) is 40.6 Å². The van der Waals surface area contributed by atoms with Crippen molar-refractivity contribution in [2.45, 2.75) is 20.0 Å². The molecule has 0 atom stereocenters. The quantitative estimate of drug-likeness (QED) is 0.731. The maximum absolute atomic E-state index is 11.8. The molecule has 0 aromatic heterocycles. The zero-order valence-corrected chi connectivity index (χ0v) is 10.4. The molecule has 0 saturated heterocycles. The van der Waals surface area contributed by atoms with Gasteiger partial charge >= 0.3 is 0 Å². The van der Waals surface area contributed by atoms with Crippen LogP contribution in [-0.4, -0.2) is 35.7 Å². The van der Waals surface area contributed by atoms with Crippen LogP contribution in [0.3, 0.4) is 0 Å². The maximum Gasteiger partial charge on any atom is 0.253 e. The third kappa shape index (κ3) is 2.16. The summed E-state index contributed by atoms with van der Waals surface area (Å²) in [5.41, 5.74) is 2.89. The summed E-state index contributed by atoms with van der Waals surface area (Å²) in [6.07, 6.45) is 0. The summed E-state index contributed by atoms with van der Waals surface area (Å²) in [5, 5.41) is 0. The van der Waals surface area contributed by atoms with E-state index in [0.717, 1.165) is 11.1 Å². The summed E-state index contributed by atoms with van der Waals surface area (Å²) >= 11 is 0. The molecule has 4 heteroatoms. The lowest BCUT2D eigenvalue weighted by molar-refractivity contribution is -0.129. The molecule has 0 spiro atoms. The molecule has 0 unspecified atom stereocenters. The van der Waals surface area contributed by atoms with Gasteiger partial charge < -0.3 is 9.80 Å². The zero-order valence-electron chi connectivity index (χ0n) is 10.4. The third-order valence-corrected chi connectivity index (χ3v) is 3.03. The number of rotatable bonds is 1. The van der Waals surface area contributed by atoms with E-state index in [1.54, 1.807) is 30.8 Å². The van der Waals surface area contributed by atoms with Crippen molar-refractivity contribution in [3.05, 3.63) is 34.9 Å². The summed E-state index contributed by atoms with van der Waals surface area (Å²) in [7, 11) is 3.47. The van der Waals surface area contributed by atoms with Crippen molar-refractivity contribution < 1.29 is 9.59 Å². The summed E-state index contributed by atoms with van der Waals surface area (Å²) in [6, 6.07) is 5.65. The van der Waals surface area contributed by atoms with Crippen LogP contribution in [0.4, 0.5) is 0 Å². The summed E-state index contributed by atoms with van der Waals surface area (Å²) in [6.45, 7) is 2.83. The molecule has 1 aliphatic heterocycles. The number of hydrogen-bond acceptors (Lipinski definition) is 2. The van der Waals surface area contributed by atoms with Crippen molar-refractivity contribution in [2.75, 3.05) is 14.1 Å². The number of carbonyl (C=O) groups excluding carboxylic acids is 2. The number of amides is 2.